The van der Waals surface area contributed by atoms with Crippen LogP contribution in [0.1, 0.15) is 32.8 Å². The zero-order valence-corrected chi connectivity index (χ0v) is 18.0. The Morgan fingerprint density at radius 2 is 1.96 bits per heavy atom. The zero-order valence-electron chi connectivity index (χ0n) is 16.4. The molecule has 1 spiro atoms. The van der Waals surface area contributed by atoms with E-state index in [1.807, 2.05) is 32.3 Å². The molecule has 4 rings (SSSR count). The highest BCUT2D eigenvalue weighted by atomic mass is 35.5. The molecule has 0 radical (unpaired) electrons. The fourth-order valence-electron chi connectivity index (χ4n) is 5.11. The molecule has 3 N–H and O–H groups in total. The van der Waals surface area contributed by atoms with Crippen molar-refractivity contribution in [1.82, 2.24) is 4.90 Å². The number of benzene rings is 1. The van der Waals surface area contributed by atoms with E-state index in [9.17, 15) is 14.4 Å². The lowest BCUT2D eigenvalue weighted by Crippen LogP contribution is -2.99. The molecule has 1 aromatic rings. The van der Waals surface area contributed by atoms with Crippen molar-refractivity contribution in [2.75, 3.05) is 17.3 Å². The smallest absolute Gasteiger partial charge is 0.291 e. The van der Waals surface area contributed by atoms with Gasteiger partial charge >= 0.3 is 0 Å². The fraction of sp³-hybridized carbons (Fsp3) is 0.550. The Bertz CT molecular complexity index is 884. The molecule has 8 heteroatoms. The van der Waals surface area contributed by atoms with Crippen molar-refractivity contribution in [3.8, 4) is 0 Å². The third-order valence-electron chi connectivity index (χ3n) is 6.16. The number of fused-ring (bicyclic) bond motifs is 4. The molecule has 2 fully saturated rings. The predicted molar refractivity (Wildman–Crippen MR) is 109 cm³/mol. The minimum absolute atomic E-state index is 0.128. The predicted octanol–water partition coefficient (Wildman–Crippen LogP) is 1.59. The summed E-state index contributed by atoms with van der Waals surface area (Å²) in [6.07, 6.45) is 2.77. The lowest BCUT2D eigenvalue weighted by molar-refractivity contribution is -0.733. The van der Waals surface area contributed by atoms with Crippen molar-refractivity contribution in [3.05, 3.63) is 28.8 Å². The highest BCUT2D eigenvalue weighted by molar-refractivity contribution is 7.98. The molecule has 3 heterocycles. The molecule has 150 valence electrons. The van der Waals surface area contributed by atoms with Gasteiger partial charge in [-0.3, -0.25) is 19.3 Å². The number of imide groups is 1. The first-order chi connectivity index (χ1) is 13.1. The van der Waals surface area contributed by atoms with Gasteiger partial charge in [0, 0.05) is 22.5 Å². The Morgan fingerprint density at radius 3 is 2.61 bits per heavy atom. The summed E-state index contributed by atoms with van der Waals surface area (Å²) in [4.78, 5) is 41.5. The van der Waals surface area contributed by atoms with Crippen molar-refractivity contribution in [1.29, 1.82) is 0 Å². The topological polar surface area (TPSA) is 83.1 Å². The van der Waals surface area contributed by atoms with Gasteiger partial charge < -0.3 is 10.6 Å². The average molecular weight is 423 g/mol. The van der Waals surface area contributed by atoms with Crippen LogP contribution >= 0.6 is 23.4 Å². The number of quaternary nitrogens is 1. The molecule has 4 atom stereocenters. The van der Waals surface area contributed by atoms with E-state index in [-0.39, 0.29) is 23.8 Å². The lowest BCUT2D eigenvalue weighted by Gasteiger charge is -2.33. The van der Waals surface area contributed by atoms with Gasteiger partial charge in [0.2, 0.25) is 17.4 Å². The van der Waals surface area contributed by atoms with Gasteiger partial charge in [0.15, 0.2) is 0 Å². The van der Waals surface area contributed by atoms with Gasteiger partial charge in [-0.05, 0) is 51.0 Å². The quantitative estimate of drug-likeness (QED) is 0.724. The molecular formula is C20H25ClN3O3S+. The molecule has 28 heavy (non-hydrogen) atoms. The first kappa shape index (κ1) is 19.7. The maximum Gasteiger partial charge on any atom is 0.291 e. The summed E-state index contributed by atoms with van der Waals surface area (Å²) in [6.45, 7) is 5.57. The van der Waals surface area contributed by atoms with Crippen molar-refractivity contribution < 1.29 is 19.7 Å². The van der Waals surface area contributed by atoms with Crippen LogP contribution in [0, 0.1) is 11.8 Å². The Labute approximate surface area is 173 Å². The summed E-state index contributed by atoms with van der Waals surface area (Å²) in [5.74, 6) is -1.01. The minimum atomic E-state index is -1.14. The maximum absolute atomic E-state index is 13.5. The number of thioether (sulfide) groups is 1. The van der Waals surface area contributed by atoms with E-state index < -0.39 is 22.9 Å². The summed E-state index contributed by atoms with van der Waals surface area (Å²) >= 11 is 7.94. The Morgan fingerprint density at radius 1 is 1.25 bits per heavy atom. The van der Waals surface area contributed by atoms with E-state index in [0.29, 0.717) is 16.3 Å². The summed E-state index contributed by atoms with van der Waals surface area (Å²) in [5, 5.41) is 5.39. The summed E-state index contributed by atoms with van der Waals surface area (Å²) in [5.41, 5.74) is -0.385. The van der Waals surface area contributed by atoms with Crippen LogP contribution in [0.15, 0.2) is 18.2 Å². The molecule has 0 saturated carbocycles. The largest absolute Gasteiger partial charge is 0.326 e. The van der Waals surface area contributed by atoms with Crippen LogP contribution in [0.3, 0.4) is 0 Å². The fourth-order valence-corrected chi connectivity index (χ4v) is 5.79. The summed E-state index contributed by atoms with van der Waals surface area (Å²) < 4.78 is 0. The van der Waals surface area contributed by atoms with E-state index in [1.165, 1.54) is 4.90 Å². The molecule has 0 aromatic heterocycles. The van der Waals surface area contributed by atoms with Gasteiger partial charge in [-0.25, -0.2) is 0 Å². The van der Waals surface area contributed by atoms with Gasteiger partial charge in [0.1, 0.15) is 17.9 Å². The van der Waals surface area contributed by atoms with Gasteiger partial charge in [-0.1, -0.05) is 11.6 Å². The number of rotatable bonds is 3. The number of nitrogens with zero attached hydrogens (tertiary/aromatic N) is 1. The van der Waals surface area contributed by atoms with E-state index in [1.54, 1.807) is 30.0 Å². The molecule has 0 bridgehead atoms. The van der Waals surface area contributed by atoms with Crippen LogP contribution in [0.2, 0.25) is 5.02 Å². The third-order valence-corrected chi connectivity index (χ3v) is 7.04. The van der Waals surface area contributed by atoms with Crippen molar-refractivity contribution in [2.45, 2.75) is 44.3 Å². The highest BCUT2D eigenvalue weighted by Crippen LogP contribution is 2.51. The summed E-state index contributed by atoms with van der Waals surface area (Å²) in [7, 11) is 0. The highest BCUT2D eigenvalue weighted by Gasteiger charge is 2.74. The minimum Gasteiger partial charge on any atom is -0.326 e. The number of carbonyl (C=O) groups is 3. The van der Waals surface area contributed by atoms with Gasteiger partial charge in [0.25, 0.3) is 5.91 Å². The van der Waals surface area contributed by atoms with Crippen LogP contribution in [-0.4, -0.2) is 46.2 Å². The molecule has 3 amide bonds. The van der Waals surface area contributed by atoms with Crippen LogP contribution in [0.4, 0.5) is 5.69 Å². The van der Waals surface area contributed by atoms with Crippen LogP contribution in [-0.2, 0) is 19.9 Å². The molecule has 2 saturated heterocycles. The van der Waals surface area contributed by atoms with Crippen LogP contribution < -0.4 is 10.6 Å². The van der Waals surface area contributed by atoms with E-state index in [4.69, 9.17) is 11.6 Å². The van der Waals surface area contributed by atoms with Crippen molar-refractivity contribution in [2.24, 2.45) is 11.8 Å². The van der Waals surface area contributed by atoms with Gasteiger partial charge in [-0.2, -0.15) is 11.8 Å². The van der Waals surface area contributed by atoms with E-state index in [2.05, 4.69) is 5.32 Å². The number of nitrogens with one attached hydrogen (secondary N) is 1. The number of amides is 3. The SMILES string of the molecule is CSCC[C@H]1[NH2+][C@@]2(C(=O)Nc3ccc(Cl)cc32)[C@H]2C(=O)N(C(C)(C)C)C(=O)[C@H]12. The molecule has 0 unspecified atom stereocenters. The van der Waals surface area contributed by atoms with Gasteiger partial charge in [0.05, 0.1) is 5.69 Å². The Balaban J connectivity index is 1.89. The Hall–Kier alpha value is -1.57. The normalized spacial score (nSPS) is 31.5. The number of likely N-dealkylation sites (tertiary alicyclic amines) is 1. The van der Waals surface area contributed by atoms with E-state index >= 15 is 0 Å². The molecule has 1 aromatic carbocycles. The molecule has 3 aliphatic heterocycles. The average Bonchev–Trinajstić information content (AvgIpc) is 3.18. The number of anilines is 1. The molecule has 6 nitrogen and oxygen atoms in total. The number of carbonyl (C=O) groups excluding carboxylic acids is 3. The van der Waals surface area contributed by atoms with Crippen molar-refractivity contribution in [3.63, 3.8) is 0 Å². The van der Waals surface area contributed by atoms with E-state index in [0.717, 1.165) is 12.2 Å². The molecule has 0 aliphatic carbocycles. The second-order valence-electron chi connectivity index (χ2n) is 8.81. The monoisotopic (exact) mass is 422 g/mol. The number of hydrogen-bond donors (Lipinski definition) is 2. The molecule has 3 aliphatic rings. The second-order valence-corrected chi connectivity index (χ2v) is 10.2. The standard InChI is InChI=1S/C20H24ClN3O3S/c1-19(2,3)24-16(25)14-13(7-8-28-4)23-20(15(14)17(24)26)11-9-10(21)5-6-12(11)22-18(20)27/h5-6,9,13-15,23H,7-8H2,1-4H3,(H,22,27)/p+1/t13-,14-,15-,20-/m1/s1. The first-order valence-electron chi connectivity index (χ1n) is 9.47. The maximum atomic E-state index is 13.5. The summed E-state index contributed by atoms with van der Waals surface area (Å²) in [6, 6.07) is 5.12. The Kier molecular flexibility index (Phi) is 4.56. The van der Waals surface area contributed by atoms with Crippen LogP contribution in [0.5, 0.6) is 0 Å². The lowest BCUT2D eigenvalue weighted by atomic mass is 9.76. The molecular weight excluding hydrogens is 398 g/mol. The third kappa shape index (κ3) is 2.56. The number of halogens is 1. The first-order valence-corrected chi connectivity index (χ1v) is 11.2. The van der Waals surface area contributed by atoms with Gasteiger partial charge in [-0.15, -0.1) is 0 Å². The van der Waals surface area contributed by atoms with Crippen molar-refractivity contribution >= 4 is 46.8 Å². The number of hydrogen-bond acceptors (Lipinski definition) is 4. The zero-order chi connectivity index (χ0) is 20.4. The number of nitrogens with two attached hydrogens (primary N) is 1. The van der Waals surface area contributed by atoms with Crippen LogP contribution in [0.25, 0.3) is 0 Å². The second kappa shape index (κ2) is 6.47.